The summed E-state index contributed by atoms with van der Waals surface area (Å²) in [5, 5.41) is 8.75. The first-order chi connectivity index (χ1) is 9.69. The van der Waals surface area contributed by atoms with E-state index in [1.807, 2.05) is 12.1 Å². The van der Waals surface area contributed by atoms with Gasteiger partial charge in [0, 0.05) is 25.6 Å². The van der Waals surface area contributed by atoms with Crippen LogP contribution in [0, 0.1) is 5.92 Å². The minimum Gasteiger partial charge on any atom is -0.355 e. The van der Waals surface area contributed by atoms with Gasteiger partial charge < -0.3 is 16.0 Å². The zero-order chi connectivity index (χ0) is 14.4. The van der Waals surface area contributed by atoms with Gasteiger partial charge in [-0.05, 0) is 43.1 Å². The van der Waals surface area contributed by atoms with Gasteiger partial charge in [-0.1, -0.05) is 12.1 Å². The summed E-state index contributed by atoms with van der Waals surface area (Å²) in [6, 6.07) is 7.26. The minimum atomic E-state index is -0.102. The number of benzene rings is 1. The minimum absolute atomic E-state index is 0.0917. The van der Waals surface area contributed by atoms with E-state index in [4.69, 9.17) is 0 Å². The van der Waals surface area contributed by atoms with Crippen molar-refractivity contribution in [2.45, 2.75) is 19.4 Å². The Morgan fingerprint density at radius 1 is 1.30 bits per heavy atom. The molecule has 20 heavy (non-hydrogen) atoms. The quantitative estimate of drug-likeness (QED) is 0.739. The zero-order valence-corrected chi connectivity index (χ0v) is 11.7. The van der Waals surface area contributed by atoms with E-state index in [1.165, 1.54) is 0 Å². The first-order valence-corrected chi connectivity index (χ1v) is 6.97. The third-order valence-electron chi connectivity index (χ3n) is 3.57. The molecule has 0 saturated carbocycles. The van der Waals surface area contributed by atoms with E-state index in [2.05, 4.69) is 16.0 Å². The summed E-state index contributed by atoms with van der Waals surface area (Å²) in [5.41, 5.74) is 1.62. The number of carbonyl (C=O) groups excluding carboxylic acids is 2. The molecule has 1 fully saturated rings. The second-order valence-electron chi connectivity index (χ2n) is 5.12. The normalized spacial score (nSPS) is 17.8. The second-order valence-corrected chi connectivity index (χ2v) is 5.12. The Labute approximate surface area is 119 Å². The average molecular weight is 275 g/mol. The molecule has 1 saturated heterocycles. The van der Waals surface area contributed by atoms with Crippen molar-refractivity contribution in [1.29, 1.82) is 0 Å². The standard InChI is InChI=1S/C15H21N3O2/c1-16-15(20)13-4-2-11(3-5-13)10-18-14(19)8-12-6-7-17-9-12/h2-5,12,17H,6-10H2,1H3,(H,16,20)(H,18,19). The van der Waals surface area contributed by atoms with Gasteiger partial charge in [-0.15, -0.1) is 0 Å². The Bertz CT molecular complexity index is 465. The fraction of sp³-hybridized carbons (Fsp3) is 0.467. The van der Waals surface area contributed by atoms with Crippen LogP contribution in [0.2, 0.25) is 0 Å². The molecule has 1 aliphatic rings. The number of hydrogen-bond donors (Lipinski definition) is 3. The van der Waals surface area contributed by atoms with Crippen LogP contribution in [-0.2, 0) is 11.3 Å². The van der Waals surface area contributed by atoms with Crippen LogP contribution in [0.25, 0.3) is 0 Å². The molecule has 0 spiro atoms. The van der Waals surface area contributed by atoms with Crippen molar-refractivity contribution in [3.05, 3.63) is 35.4 Å². The molecule has 0 bridgehead atoms. The predicted molar refractivity (Wildman–Crippen MR) is 77.3 cm³/mol. The van der Waals surface area contributed by atoms with Crippen molar-refractivity contribution in [3.63, 3.8) is 0 Å². The second kappa shape index (κ2) is 7.05. The molecule has 5 heteroatoms. The average Bonchev–Trinajstić information content (AvgIpc) is 2.97. The molecule has 2 rings (SSSR count). The maximum atomic E-state index is 11.8. The van der Waals surface area contributed by atoms with Gasteiger partial charge in [0.05, 0.1) is 0 Å². The Balaban J connectivity index is 1.78. The third-order valence-corrected chi connectivity index (χ3v) is 3.57. The highest BCUT2D eigenvalue weighted by molar-refractivity contribution is 5.93. The van der Waals surface area contributed by atoms with E-state index >= 15 is 0 Å². The van der Waals surface area contributed by atoms with E-state index in [0.29, 0.717) is 24.4 Å². The van der Waals surface area contributed by atoms with Crippen molar-refractivity contribution in [3.8, 4) is 0 Å². The summed E-state index contributed by atoms with van der Waals surface area (Å²) in [7, 11) is 1.61. The Kier molecular flexibility index (Phi) is 5.12. The lowest BCUT2D eigenvalue weighted by molar-refractivity contribution is -0.122. The first-order valence-electron chi connectivity index (χ1n) is 6.97. The molecule has 1 aromatic rings. The molecule has 0 aromatic heterocycles. The van der Waals surface area contributed by atoms with E-state index < -0.39 is 0 Å². The summed E-state index contributed by atoms with van der Waals surface area (Å²) < 4.78 is 0. The monoisotopic (exact) mass is 275 g/mol. The number of rotatable bonds is 5. The van der Waals surface area contributed by atoms with Crippen molar-refractivity contribution in [1.82, 2.24) is 16.0 Å². The van der Waals surface area contributed by atoms with E-state index in [-0.39, 0.29) is 11.8 Å². The van der Waals surface area contributed by atoms with Crippen molar-refractivity contribution < 1.29 is 9.59 Å². The SMILES string of the molecule is CNC(=O)c1ccc(CNC(=O)CC2CCNC2)cc1. The summed E-state index contributed by atoms with van der Waals surface area (Å²) in [6.07, 6.45) is 1.66. The molecular formula is C15H21N3O2. The molecule has 1 aromatic carbocycles. The van der Waals surface area contributed by atoms with Crippen LogP contribution in [0.15, 0.2) is 24.3 Å². The Morgan fingerprint density at radius 2 is 2.05 bits per heavy atom. The summed E-state index contributed by atoms with van der Waals surface area (Å²) >= 11 is 0. The highest BCUT2D eigenvalue weighted by atomic mass is 16.2. The van der Waals surface area contributed by atoms with Gasteiger partial charge in [0.25, 0.3) is 5.91 Å². The molecule has 0 radical (unpaired) electrons. The summed E-state index contributed by atoms with van der Waals surface area (Å²) in [6.45, 7) is 2.46. The summed E-state index contributed by atoms with van der Waals surface area (Å²) in [4.78, 5) is 23.2. The molecule has 108 valence electrons. The van der Waals surface area contributed by atoms with Crippen LogP contribution in [0.5, 0.6) is 0 Å². The van der Waals surface area contributed by atoms with E-state index in [9.17, 15) is 9.59 Å². The van der Waals surface area contributed by atoms with Gasteiger partial charge in [-0.3, -0.25) is 9.59 Å². The van der Waals surface area contributed by atoms with Gasteiger partial charge in [0.1, 0.15) is 0 Å². The molecule has 3 N–H and O–H groups in total. The van der Waals surface area contributed by atoms with Gasteiger partial charge >= 0.3 is 0 Å². The van der Waals surface area contributed by atoms with Crippen LogP contribution >= 0.6 is 0 Å². The first kappa shape index (κ1) is 14.5. The third kappa shape index (κ3) is 4.06. The van der Waals surface area contributed by atoms with Crippen LogP contribution in [0.1, 0.15) is 28.8 Å². The Hall–Kier alpha value is -1.88. The molecule has 5 nitrogen and oxygen atoms in total. The van der Waals surface area contributed by atoms with E-state index in [1.54, 1.807) is 19.2 Å². The smallest absolute Gasteiger partial charge is 0.251 e. The lowest BCUT2D eigenvalue weighted by Gasteiger charge is -2.09. The number of nitrogens with one attached hydrogen (secondary N) is 3. The number of hydrogen-bond acceptors (Lipinski definition) is 3. The van der Waals surface area contributed by atoms with Gasteiger partial charge in [0.15, 0.2) is 0 Å². The zero-order valence-electron chi connectivity index (χ0n) is 11.7. The van der Waals surface area contributed by atoms with Gasteiger partial charge in [0.2, 0.25) is 5.91 Å². The number of amides is 2. The highest BCUT2D eigenvalue weighted by Gasteiger charge is 2.17. The van der Waals surface area contributed by atoms with Crippen molar-refractivity contribution in [2.24, 2.45) is 5.92 Å². The molecule has 2 amide bonds. The Morgan fingerprint density at radius 3 is 2.65 bits per heavy atom. The van der Waals surface area contributed by atoms with Crippen LogP contribution in [0.3, 0.4) is 0 Å². The van der Waals surface area contributed by atoms with Gasteiger partial charge in [-0.2, -0.15) is 0 Å². The van der Waals surface area contributed by atoms with Gasteiger partial charge in [-0.25, -0.2) is 0 Å². The van der Waals surface area contributed by atoms with Crippen molar-refractivity contribution in [2.75, 3.05) is 20.1 Å². The molecular weight excluding hydrogens is 254 g/mol. The van der Waals surface area contributed by atoms with Crippen LogP contribution < -0.4 is 16.0 Å². The highest BCUT2D eigenvalue weighted by Crippen LogP contribution is 2.12. The van der Waals surface area contributed by atoms with Crippen LogP contribution in [-0.4, -0.2) is 32.0 Å². The molecule has 1 unspecified atom stereocenters. The summed E-state index contributed by atoms with van der Waals surface area (Å²) in [5.74, 6) is 0.453. The maximum absolute atomic E-state index is 11.8. The predicted octanol–water partition coefficient (Wildman–Crippen LogP) is 0.662. The van der Waals surface area contributed by atoms with Crippen LogP contribution in [0.4, 0.5) is 0 Å². The maximum Gasteiger partial charge on any atom is 0.251 e. The molecule has 1 atom stereocenters. The molecule has 1 heterocycles. The van der Waals surface area contributed by atoms with E-state index in [0.717, 1.165) is 25.1 Å². The fourth-order valence-corrected chi connectivity index (χ4v) is 2.34. The molecule has 0 aliphatic carbocycles. The van der Waals surface area contributed by atoms with Crippen molar-refractivity contribution >= 4 is 11.8 Å². The molecule has 1 aliphatic heterocycles. The fourth-order valence-electron chi connectivity index (χ4n) is 2.34. The number of carbonyl (C=O) groups is 2. The largest absolute Gasteiger partial charge is 0.355 e. The lowest BCUT2D eigenvalue weighted by Crippen LogP contribution is -2.26. The lowest BCUT2D eigenvalue weighted by atomic mass is 10.0. The topological polar surface area (TPSA) is 70.2 Å².